The fourth-order valence-electron chi connectivity index (χ4n) is 1.90. The molecule has 1 N–H and O–H groups in total. The van der Waals surface area contributed by atoms with Crippen molar-refractivity contribution in [3.63, 3.8) is 0 Å². The van der Waals surface area contributed by atoms with Gasteiger partial charge in [-0.15, -0.1) is 0 Å². The van der Waals surface area contributed by atoms with Gasteiger partial charge in [-0.2, -0.15) is 4.31 Å². The Balaban J connectivity index is 2.41. The SMILES string of the molecule is O=S(=O)(c1cc(F)c(Br)cc1F)N1CCCNCC1. The fourth-order valence-corrected chi connectivity index (χ4v) is 3.75. The molecule has 1 heterocycles. The Labute approximate surface area is 119 Å². The van der Waals surface area contributed by atoms with Gasteiger partial charge in [0.05, 0.1) is 4.47 Å². The first-order valence-electron chi connectivity index (χ1n) is 5.78. The lowest BCUT2D eigenvalue weighted by Gasteiger charge is -2.20. The van der Waals surface area contributed by atoms with Crippen LogP contribution in [0.5, 0.6) is 0 Å². The number of rotatable bonds is 2. The molecule has 1 aliphatic rings. The van der Waals surface area contributed by atoms with Crippen molar-refractivity contribution in [1.29, 1.82) is 0 Å². The van der Waals surface area contributed by atoms with Gasteiger partial charge in [-0.1, -0.05) is 0 Å². The molecule has 1 aromatic carbocycles. The van der Waals surface area contributed by atoms with Crippen LogP contribution in [-0.2, 0) is 10.0 Å². The first-order valence-corrected chi connectivity index (χ1v) is 8.01. The molecule has 0 atom stereocenters. The molecule has 0 bridgehead atoms. The molecule has 0 radical (unpaired) electrons. The third-order valence-electron chi connectivity index (χ3n) is 2.89. The second kappa shape index (κ2) is 5.82. The van der Waals surface area contributed by atoms with E-state index in [1.54, 1.807) is 0 Å². The van der Waals surface area contributed by atoms with Crippen LogP contribution in [0.15, 0.2) is 21.5 Å². The summed E-state index contributed by atoms with van der Waals surface area (Å²) in [5, 5.41) is 3.05. The average Bonchev–Trinajstić information content (AvgIpc) is 2.62. The maximum Gasteiger partial charge on any atom is 0.246 e. The molecule has 8 heteroatoms. The van der Waals surface area contributed by atoms with Gasteiger partial charge in [0.25, 0.3) is 0 Å². The van der Waals surface area contributed by atoms with E-state index >= 15 is 0 Å². The van der Waals surface area contributed by atoms with Crippen molar-refractivity contribution >= 4 is 26.0 Å². The second-order valence-electron chi connectivity index (χ2n) is 4.20. The Hall–Kier alpha value is -0.570. The molecule has 4 nitrogen and oxygen atoms in total. The quantitative estimate of drug-likeness (QED) is 0.822. The summed E-state index contributed by atoms with van der Waals surface area (Å²) >= 11 is 2.82. The van der Waals surface area contributed by atoms with E-state index in [-0.39, 0.29) is 11.0 Å². The molecule has 0 unspecified atom stereocenters. The van der Waals surface area contributed by atoms with Crippen LogP contribution in [0.2, 0.25) is 0 Å². The van der Waals surface area contributed by atoms with E-state index in [4.69, 9.17) is 0 Å². The molecule has 0 aliphatic carbocycles. The van der Waals surface area contributed by atoms with Crippen molar-refractivity contribution in [1.82, 2.24) is 9.62 Å². The second-order valence-corrected chi connectivity index (χ2v) is 6.97. The highest BCUT2D eigenvalue weighted by atomic mass is 79.9. The Bertz CT molecular complexity index is 572. The highest BCUT2D eigenvalue weighted by molar-refractivity contribution is 9.10. The van der Waals surface area contributed by atoms with E-state index in [0.717, 1.165) is 6.07 Å². The lowest BCUT2D eigenvalue weighted by atomic mass is 10.3. The molecule has 106 valence electrons. The molecule has 0 saturated carbocycles. The molecule has 1 fully saturated rings. The van der Waals surface area contributed by atoms with Crippen LogP contribution in [0.4, 0.5) is 8.78 Å². The number of benzene rings is 1. The zero-order valence-corrected chi connectivity index (χ0v) is 12.4. The Morgan fingerprint density at radius 2 is 1.89 bits per heavy atom. The molecule has 1 aliphatic heterocycles. The summed E-state index contributed by atoms with van der Waals surface area (Å²) in [7, 11) is -4.00. The predicted octanol–water partition coefficient (Wildman–Crippen LogP) is 1.71. The van der Waals surface area contributed by atoms with Crippen molar-refractivity contribution < 1.29 is 17.2 Å². The van der Waals surface area contributed by atoms with Gasteiger partial charge in [0.2, 0.25) is 10.0 Å². The molecule has 0 aromatic heterocycles. The summed E-state index contributed by atoms with van der Waals surface area (Å²) in [4.78, 5) is -0.616. The highest BCUT2D eigenvalue weighted by Crippen LogP contribution is 2.25. The largest absolute Gasteiger partial charge is 0.315 e. The Morgan fingerprint density at radius 3 is 2.63 bits per heavy atom. The van der Waals surface area contributed by atoms with Crippen LogP contribution in [0.3, 0.4) is 0 Å². The molecule has 1 aromatic rings. The van der Waals surface area contributed by atoms with Crippen molar-refractivity contribution in [3.05, 3.63) is 28.2 Å². The van der Waals surface area contributed by atoms with E-state index < -0.39 is 26.6 Å². The molecule has 1 saturated heterocycles. The summed E-state index contributed by atoms with van der Waals surface area (Å²) in [6.45, 7) is 1.76. The van der Waals surface area contributed by atoms with Gasteiger partial charge in [0.1, 0.15) is 16.5 Å². The van der Waals surface area contributed by atoms with Crippen molar-refractivity contribution in [2.45, 2.75) is 11.3 Å². The summed E-state index contributed by atoms with van der Waals surface area (Å²) in [5.74, 6) is -1.75. The minimum atomic E-state index is -4.00. The van der Waals surface area contributed by atoms with Gasteiger partial charge in [0, 0.05) is 19.6 Å². The van der Waals surface area contributed by atoms with Gasteiger partial charge in [-0.05, 0) is 41.0 Å². The number of halogens is 3. The van der Waals surface area contributed by atoms with E-state index in [0.29, 0.717) is 32.1 Å². The topological polar surface area (TPSA) is 49.4 Å². The minimum absolute atomic E-state index is 0.0958. The highest BCUT2D eigenvalue weighted by Gasteiger charge is 2.29. The van der Waals surface area contributed by atoms with E-state index in [9.17, 15) is 17.2 Å². The lowest BCUT2D eigenvalue weighted by molar-refractivity contribution is 0.426. The predicted molar refractivity (Wildman–Crippen MR) is 70.3 cm³/mol. The third-order valence-corrected chi connectivity index (χ3v) is 5.41. The summed E-state index contributed by atoms with van der Waals surface area (Å²) < 4.78 is 52.9. The Kier molecular flexibility index (Phi) is 4.54. The molecule has 2 rings (SSSR count). The van der Waals surface area contributed by atoms with Crippen LogP contribution in [0, 0.1) is 11.6 Å². The number of nitrogens with one attached hydrogen (secondary N) is 1. The van der Waals surface area contributed by atoms with Gasteiger partial charge >= 0.3 is 0 Å². The Morgan fingerprint density at radius 1 is 1.16 bits per heavy atom. The summed E-state index contributed by atoms with van der Waals surface area (Å²) in [6.07, 6.45) is 0.639. The van der Waals surface area contributed by atoms with Gasteiger partial charge < -0.3 is 5.32 Å². The van der Waals surface area contributed by atoms with Gasteiger partial charge in [-0.25, -0.2) is 17.2 Å². The molecule has 0 amide bonds. The number of hydrogen-bond acceptors (Lipinski definition) is 3. The van der Waals surface area contributed by atoms with Crippen LogP contribution in [0.1, 0.15) is 6.42 Å². The van der Waals surface area contributed by atoms with Crippen LogP contribution in [0.25, 0.3) is 0 Å². The zero-order chi connectivity index (χ0) is 14.0. The smallest absolute Gasteiger partial charge is 0.246 e. The van der Waals surface area contributed by atoms with E-state index in [2.05, 4.69) is 21.2 Å². The van der Waals surface area contributed by atoms with Crippen LogP contribution < -0.4 is 5.32 Å². The van der Waals surface area contributed by atoms with Crippen LogP contribution in [-0.4, -0.2) is 38.9 Å². The van der Waals surface area contributed by atoms with Crippen molar-refractivity contribution in [2.24, 2.45) is 0 Å². The minimum Gasteiger partial charge on any atom is -0.315 e. The first kappa shape index (κ1) is 14.8. The summed E-state index contributed by atoms with van der Waals surface area (Å²) in [5.41, 5.74) is 0. The number of nitrogens with zero attached hydrogens (tertiary/aromatic N) is 1. The third kappa shape index (κ3) is 3.13. The van der Waals surface area contributed by atoms with Crippen LogP contribution >= 0.6 is 15.9 Å². The standard InChI is InChI=1S/C11H13BrF2N2O2S/c12-8-6-10(14)11(7-9(8)13)19(17,18)16-4-1-2-15-3-5-16/h6-7,15H,1-5H2. The average molecular weight is 355 g/mol. The molecular formula is C11H13BrF2N2O2S. The molecular weight excluding hydrogens is 342 g/mol. The van der Waals surface area contributed by atoms with Crippen molar-refractivity contribution in [2.75, 3.05) is 26.2 Å². The maximum atomic E-state index is 13.8. The number of sulfonamides is 1. The fraction of sp³-hybridized carbons (Fsp3) is 0.455. The monoisotopic (exact) mass is 354 g/mol. The summed E-state index contributed by atoms with van der Waals surface area (Å²) in [6, 6.07) is 1.55. The number of hydrogen-bond donors (Lipinski definition) is 1. The molecule has 0 spiro atoms. The lowest BCUT2D eigenvalue weighted by Crippen LogP contribution is -2.34. The first-order chi connectivity index (χ1) is 8.93. The normalized spacial score (nSPS) is 18.3. The zero-order valence-electron chi connectivity index (χ0n) is 10.00. The van der Waals surface area contributed by atoms with Gasteiger partial charge in [-0.3, -0.25) is 0 Å². The van der Waals surface area contributed by atoms with Crippen molar-refractivity contribution in [3.8, 4) is 0 Å². The maximum absolute atomic E-state index is 13.8. The van der Waals surface area contributed by atoms with E-state index in [1.165, 1.54) is 4.31 Å². The van der Waals surface area contributed by atoms with E-state index in [1.807, 2.05) is 0 Å². The van der Waals surface area contributed by atoms with Gasteiger partial charge in [0.15, 0.2) is 0 Å². The molecule has 19 heavy (non-hydrogen) atoms.